The topological polar surface area (TPSA) is 42.1 Å². The summed E-state index contributed by atoms with van der Waals surface area (Å²) in [7, 11) is 0. The van der Waals surface area contributed by atoms with Gasteiger partial charge in [0.15, 0.2) is 0 Å². The lowest BCUT2D eigenvalue weighted by atomic mass is 10.1. The van der Waals surface area contributed by atoms with Crippen molar-refractivity contribution >= 4 is 6.09 Å². The van der Waals surface area contributed by atoms with Crippen molar-refractivity contribution in [3.63, 3.8) is 0 Å². The summed E-state index contributed by atoms with van der Waals surface area (Å²) in [5.41, 5.74) is 0. The Labute approximate surface area is 71.4 Å². The van der Waals surface area contributed by atoms with Gasteiger partial charge in [-0.3, -0.25) is 0 Å². The summed E-state index contributed by atoms with van der Waals surface area (Å²) < 4.78 is 10.2. The number of carbonyl (C=O) groups is 1. The first-order valence-electron chi connectivity index (χ1n) is 4.38. The van der Waals surface area contributed by atoms with E-state index in [4.69, 9.17) is 9.47 Å². The van der Waals surface area contributed by atoms with Crippen LogP contribution in [-0.2, 0) is 9.47 Å². The minimum Gasteiger partial charge on any atom is -0.450 e. The van der Waals surface area contributed by atoms with Crippen LogP contribution in [-0.4, -0.2) is 42.9 Å². The smallest absolute Gasteiger partial charge is 0.409 e. The lowest BCUT2D eigenvalue weighted by Crippen LogP contribution is -2.39. The molecule has 4 heteroatoms. The highest BCUT2D eigenvalue weighted by molar-refractivity contribution is 5.67. The molecule has 1 amide bonds. The van der Waals surface area contributed by atoms with Crippen molar-refractivity contribution in [2.75, 3.05) is 19.7 Å². The number of likely N-dealkylation sites (tertiary alicyclic amines) is 1. The molecule has 0 radical (unpaired) electrons. The summed E-state index contributed by atoms with van der Waals surface area (Å²) in [6.07, 6.45) is 1.48. The quantitative estimate of drug-likeness (QED) is 0.543. The number of nitrogens with zero attached hydrogens (tertiary/aromatic N) is 1. The molecule has 2 atom stereocenters. The number of fused-ring (bicyclic) bond motifs is 1. The van der Waals surface area contributed by atoms with E-state index in [9.17, 15) is 4.79 Å². The van der Waals surface area contributed by atoms with Gasteiger partial charge >= 0.3 is 6.09 Å². The second kappa shape index (κ2) is 2.94. The molecule has 0 aromatic carbocycles. The Morgan fingerprint density at radius 3 is 3.17 bits per heavy atom. The van der Waals surface area contributed by atoms with Crippen LogP contribution in [0.1, 0.15) is 13.3 Å². The first kappa shape index (κ1) is 7.86. The molecule has 0 aromatic rings. The first-order valence-corrected chi connectivity index (χ1v) is 4.38. The van der Waals surface area contributed by atoms with Crippen LogP contribution in [0.3, 0.4) is 0 Å². The Morgan fingerprint density at radius 2 is 2.50 bits per heavy atom. The minimum atomic E-state index is -0.202. The molecule has 2 heterocycles. The second-order valence-corrected chi connectivity index (χ2v) is 3.15. The minimum absolute atomic E-state index is 0.202. The summed E-state index contributed by atoms with van der Waals surface area (Å²) in [6, 6.07) is 0. The van der Waals surface area contributed by atoms with Gasteiger partial charge in [0.1, 0.15) is 6.10 Å². The molecule has 2 aliphatic heterocycles. The molecule has 12 heavy (non-hydrogen) atoms. The standard InChI is InChI=1S/C8H13NO3/c1-2-11-8(10)9-4-3-6-7(5-9)12-6/h6-7H,2-5H2,1H3/t6-,7-/m1/s1. The number of hydrogen-bond acceptors (Lipinski definition) is 3. The Bertz CT molecular complexity index is 195. The van der Waals surface area contributed by atoms with E-state index in [2.05, 4.69) is 0 Å². The predicted octanol–water partition coefficient (Wildman–Crippen LogP) is 0.616. The number of piperidine rings is 1. The monoisotopic (exact) mass is 171 g/mol. The molecule has 0 spiro atoms. The fraction of sp³-hybridized carbons (Fsp3) is 0.875. The summed E-state index contributed by atoms with van der Waals surface area (Å²) in [5.74, 6) is 0. The van der Waals surface area contributed by atoms with E-state index in [1.807, 2.05) is 6.92 Å². The van der Waals surface area contributed by atoms with E-state index in [0.29, 0.717) is 25.4 Å². The van der Waals surface area contributed by atoms with Gasteiger partial charge in [-0.05, 0) is 13.3 Å². The van der Waals surface area contributed by atoms with E-state index in [1.54, 1.807) is 4.90 Å². The molecule has 0 bridgehead atoms. The van der Waals surface area contributed by atoms with Crippen molar-refractivity contribution in [3.05, 3.63) is 0 Å². The number of ether oxygens (including phenoxy) is 2. The highest BCUT2D eigenvalue weighted by atomic mass is 16.6. The molecule has 4 nitrogen and oxygen atoms in total. The van der Waals surface area contributed by atoms with Gasteiger partial charge in [0.05, 0.1) is 19.3 Å². The average Bonchev–Trinajstić information content (AvgIpc) is 2.81. The molecule has 2 saturated heterocycles. The van der Waals surface area contributed by atoms with Crippen LogP contribution in [0.5, 0.6) is 0 Å². The van der Waals surface area contributed by atoms with Crippen molar-refractivity contribution in [1.29, 1.82) is 0 Å². The molecular formula is C8H13NO3. The Hall–Kier alpha value is -0.770. The highest BCUT2D eigenvalue weighted by Gasteiger charge is 2.44. The summed E-state index contributed by atoms with van der Waals surface area (Å²) in [5, 5.41) is 0. The van der Waals surface area contributed by atoms with Gasteiger partial charge in [-0.25, -0.2) is 4.79 Å². The zero-order chi connectivity index (χ0) is 8.55. The first-order chi connectivity index (χ1) is 5.81. The van der Waals surface area contributed by atoms with Crippen LogP contribution in [0.2, 0.25) is 0 Å². The van der Waals surface area contributed by atoms with Crippen LogP contribution in [0.4, 0.5) is 4.79 Å². The largest absolute Gasteiger partial charge is 0.450 e. The molecule has 0 saturated carbocycles. The molecule has 2 rings (SSSR count). The zero-order valence-electron chi connectivity index (χ0n) is 7.16. The molecule has 0 aromatic heterocycles. The second-order valence-electron chi connectivity index (χ2n) is 3.15. The van der Waals surface area contributed by atoms with Crippen molar-refractivity contribution in [3.8, 4) is 0 Å². The highest BCUT2D eigenvalue weighted by Crippen LogP contribution is 2.30. The normalized spacial score (nSPS) is 32.6. The van der Waals surface area contributed by atoms with Crippen molar-refractivity contribution in [2.24, 2.45) is 0 Å². The third-order valence-electron chi connectivity index (χ3n) is 2.30. The number of amides is 1. The van der Waals surface area contributed by atoms with Crippen molar-refractivity contribution in [1.82, 2.24) is 4.90 Å². The number of hydrogen-bond donors (Lipinski definition) is 0. The van der Waals surface area contributed by atoms with E-state index < -0.39 is 0 Å². The molecular weight excluding hydrogens is 158 g/mol. The van der Waals surface area contributed by atoms with E-state index >= 15 is 0 Å². The summed E-state index contributed by atoms with van der Waals surface area (Å²) in [6.45, 7) is 3.76. The maximum Gasteiger partial charge on any atom is 0.409 e. The summed E-state index contributed by atoms with van der Waals surface area (Å²) >= 11 is 0. The van der Waals surface area contributed by atoms with E-state index in [-0.39, 0.29) is 6.09 Å². The number of carbonyl (C=O) groups excluding carboxylic acids is 1. The number of epoxide rings is 1. The fourth-order valence-corrected chi connectivity index (χ4v) is 1.57. The molecule has 2 aliphatic rings. The number of rotatable bonds is 1. The Kier molecular flexibility index (Phi) is 1.92. The van der Waals surface area contributed by atoms with Crippen LogP contribution >= 0.6 is 0 Å². The summed E-state index contributed by atoms with van der Waals surface area (Å²) in [4.78, 5) is 12.9. The molecule has 68 valence electrons. The van der Waals surface area contributed by atoms with Crippen LogP contribution < -0.4 is 0 Å². The maximum atomic E-state index is 11.2. The van der Waals surface area contributed by atoms with Crippen molar-refractivity contribution < 1.29 is 14.3 Å². The lowest BCUT2D eigenvalue weighted by molar-refractivity contribution is 0.103. The maximum absolute atomic E-state index is 11.2. The van der Waals surface area contributed by atoms with Gasteiger partial charge in [0.25, 0.3) is 0 Å². The third-order valence-corrected chi connectivity index (χ3v) is 2.30. The molecule has 0 unspecified atom stereocenters. The SMILES string of the molecule is CCOC(=O)N1CC[C@H]2O[C@@H]2C1. The van der Waals surface area contributed by atoms with Crippen LogP contribution in [0, 0.1) is 0 Å². The van der Waals surface area contributed by atoms with E-state index in [1.165, 1.54) is 0 Å². The average molecular weight is 171 g/mol. The van der Waals surface area contributed by atoms with Gasteiger partial charge in [-0.2, -0.15) is 0 Å². The molecule has 0 aliphatic carbocycles. The van der Waals surface area contributed by atoms with Crippen LogP contribution in [0.25, 0.3) is 0 Å². The zero-order valence-corrected chi connectivity index (χ0v) is 7.16. The van der Waals surface area contributed by atoms with Crippen LogP contribution in [0.15, 0.2) is 0 Å². The van der Waals surface area contributed by atoms with Gasteiger partial charge in [0, 0.05) is 6.54 Å². The molecule has 2 fully saturated rings. The fourth-order valence-electron chi connectivity index (χ4n) is 1.57. The van der Waals surface area contributed by atoms with E-state index in [0.717, 1.165) is 13.0 Å². The third kappa shape index (κ3) is 1.39. The van der Waals surface area contributed by atoms with Gasteiger partial charge < -0.3 is 14.4 Å². The molecule has 0 N–H and O–H groups in total. The lowest BCUT2D eigenvalue weighted by Gasteiger charge is -2.23. The van der Waals surface area contributed by atoms with Gasteiger partial charge in [-0.15, -0.1) is 0 Å². The Balaban J connectivity index is 1.83. The predicted molar refractivity (Wildman–Crippen MR) is 41.9 cm³/mol. The Morgan fingerprint density at radius 1 is 1.67 bits per heavy atom. The van der Waals surface area contributed by atoms with Gasteiger partial charge in [0.2, 0.25) is 0 Å². The van der Waals surface area contributed by atoms with Gasteiger partial charge in [-0.1, -0.05) is 0 Å². The van der Waals surface area contributed by atoms with Crippen molar-refractivity contribution in [2.45, 2.75) is 25.6 Å².